The van der Waals surface area contributed by atoms with Crippen molar-refractivity contribution < 1.29 is 19.1 Å². The third kappa shape index (κ3) is 4.03. The van der Waals surface area contributed by atoms with Crippen LogP contribution in [0.5, 0.6) is 0 Å². The standard InChI is InChI=1S/C19H24ClNO4/c1-3-8-18(24)25-13-17(23)21(2)19(12-7-6-11-16(19)22)14-9-4-5-10-15(14)20/h4-5,9-10H,3,6-8,11-13H2,1-2H3. The Hall–Kier alpha value is -1.88. The number of ketones is 1. The van der Waals surface area contributed by atoms with E-state index in [1.165, 1.54) is 4.90 Å². The van der Waals surface area contributed by atoms with Crippen molar-refractivity contribution in [2.45, 2.75) is 51.0 Å². The lowest BCUT2D eigenvalue weighted by molar-refractivity contribution is -0.157. The molecular formula is C19H24ClNO4. The summed E-state index contributed by atoms with van der Waals surface area (Å²) in [5.74, 6) is -0.840. The van der Waals surface area contributed by atoms with Crippen molar-refractivity contribution in [3.8, 4) is 0 Å². The van der Waals surface area contributed by atoms with Gasteiger partial charge in [0.25, 0.3) is 5.91 Å². The first-order valence-corrected chi connectivity index (χ1v) is 9.02. The number of halogens is 1. The van der Waals surface area contributed by atoms with Crippen LogP contribution in [0.25, 0.3) is 0 Å². The molecule has 0 spiro atoms. The molecule has 1 aromatic rings. The van der Waals surface area contributed by atoms with E-state index in [2.05, 4.69) is 0 Å². The lowest BCUT2D eigenvalue weighted by Crippen LogP contribution is -2.55. The molecule has 1 atom stereocenters. The zero-order valence-electron chi connectivity index (χ0n) is 14.7. The van der Waals surface area contributed by atoms with Crippen molar-refractivity contribution in [3.05, 3.63) is 34.9 Å². The number of nitrogens with zero attached hydrogens (tertiary/aromatic N) is 1. The van der Waals surface area contributed by atoms with Gasteiger partial charge in [-0.3, -0.25) is 14.4 Å². The van der Waals surface area contributed by atoms with E-state index in [1.807, 2.05) is 13.0 Å². The van der Waals surface area contributed by atoms with E-state index >= 15 is 0 Å². The summed E-state index contributed by atoms with van der Waals surface area (Å²) in [5, 5.41) is 0.459. The molecule has 0 aliphatic heterocycles. The van der Waals surface area contributed by atoms with Crippen molar-refractivity contribution in [1.29, 1.82) is 0 Å². The molecule has 1 aromatic carbocycles. The fraction of sp³-hybridized carbons (Fsp3) is 0.526. The highest BCUT2D eigenvalue weighted by Gasteiger charge is 2.47. The fourth-order valence-electron chi connectivity index (χ4n) is 3.36. The van der Waals surface area contributed by atoms with E-state index in [4.69, 9.17) is 16.3 Å². The van der Waals surface area contributed by atoms with E-state index in [1.54, 1.807) is 25.2 Å². The molecule has 1 saturated carbocycles. The van der Waals surface area contributed by atoms with Crippen molar-refractivity contribution >= 4 is 29.3 Å². The minimum atomic E-state index is -1.09. The molecule has 0 radical (unpaired) electrons. The SMILES string of the molecule is CCCC(=O)OCC(=O)N(C)C1(c2ccccc2Cl)CCCCC1=O. The molecule has 2 rings (SSSR count). The first-order chi connectivity index (χ1) is 11.9. The van der Waals surface area contributed by atoms with Crippen LogP contribution in [-0.4, -0.2) is 36.2 Å². The highest BCUT2D eigenvalue weighted by molar-refractivity contribution is 6.31. The molecule has 136 valence electrons. The van der Waals surface area contributed by atoms with Crippen molar-refractivity contribution in [2.75, 3.05) is 13.7 Å². The van der Waals surface area contributed by atoms with Gasteiger partial charge in [0, 0.05) is 30.5 Å². The number of carbonyl (C=O) groups excluding carboxylic acids is 3. The smallest absolute Gasteiger partial charge is 0.306 e. The summed E-state index contributed by atoms with van der Waals surface area (Å²) in [6.07, 6.45) is 3.47. The molecule has 0 bridgehead atoms. The zero-order valence-corrected chi connectivity index (χ0v) is 15.5. The van der Waals surface area contributed by atoms with Gasteiger partial charge in [-0.15, -0.1) is 0 Å². The molecule has 1 aliphatic rings. The number of benzene rings is 1. The molecule has 0 heterocycles. The number of amides is 1. The maximum absolute atomic E-state index is 12.9. The summed E-state index contributed by atoms with van der Waals surface area (Å²) in [7, 11) is 1.59. The maximum atomic E-state index is 12.9. The molecule has 5 nitrogen and oxygen atoms in total. The number of hydrogen-bond acceptors (Lipinski definition) is 4. The van der Waals surface area contributed by atoms with Crippen molar-refractivity contribution in [3.63, 3.8) is 0 Å². The second-order valence-corrected chi connectivity index (χ2v) is 6.74. The monoisotopic (exact) mass is 365 g/mol. The number of rotatable bonds is 6. The third-order valence-corrected chi connectivity index (χ3v) is 5.06. The first-order valence-electron chi connectivity index (χ1n) is 8.64. The Morgan fingerprint density at radius 1 is 1.28 bits per heavy atom. The van der Waals surface area contributed by atoms with Crippen LogP contribution in [0.2, 0.25) is 5.02 Å². The molecule has 0 aromatic heterocycles. The molecule has 1 unspecified atom stereocenters. The molecule has 25 heavy (non-hydrogen) atoms. The summed E-state index contributed by atoms with van der Waals surface area (Å²) >= 11 is 6.35. The number of Topliss-reactive ketones (excluding diaryl/α,β-unsaturated/α-hetero) is 1. The van der Waals surface area contributed by atoms with E-state index in [0.29, 0.717) is 29.8 Å². The van der Waals surface area contributed by atoms with Gasteiger partial charge in [0.2, 0.25) is 0 Å². The van der Waals surface area contributed by atoms with Gasteiger partial charge in [-0.05, 0) is 31.7 Å². The van der Waals surface area contributed by atoms with Crippen LogP contribution in [0.15, 0.2) is 24.3 Å². The van der Waals surface area contributed by atoms with E-state index in [0.717, 1.165) is 12.8 Å². The Balaban J connectivity index is 2.30. The van der Waals surface area contributed by atoms with Crippen molar-refractivity contribution in [2.24, 2.45) is 0 Å². The van der Waals surface area contributed by atoms with Gasteiger partial charge in [-0.25, -0.2) is 0 Å². The van der Waals surface area contributed by atoms with Crippen LogP contribution in [0.1, 0.15) is 51.0 Å². The molecule has 6 heteroatoms. The molecule has 1 aliphatic carbocycles. The second-order valence-electron chi connectivity index (χ2n) is 6.33. The Morgan fingerprint density at radius 2 is 2.00 bits per heavy atom. The molecule has 0 saturated heterocycles. The van der Waals surface area contributed by atoms with Gasteiger partial charge < -0.3 is 9.64 Å². The topological polar surface area (TPSA) is 63.7 Å². The minimum absolute atomic E-state index is 0.0254. The summed E-state index contributed by atoms with van der Waals surface area (Å²) in [5.41, 5.74) is -0.456. The highest BCUT2D eigenvalue weighted by atomic mass is 35.5. The van der Waals surface area contributed by atoms with Gasteiger partial charge >= 0.3 is 5.97 Å². The number of esters is 1. The molecule has 1 amide bonds. The number of carbonyl (C=O) groups is 3. The minimum Gasteiger partial charge on any atom is -0.456 e. The van der Waals surface area contributed by atoms with Gasteiger partial charge in [0.1, 0.15) is 5.54 Å². The van der Waals surface area contributed by atoms with Crippen LogP contribution in [0.3, 0.4) is 0 Å². The molecule has 1 fully saturated rings. The van der Waals surface area contributed by atoms with E-state index in [9.17, 15) is 14.4 Å². The summed E-state index contributed by atoms with van der Waals surface area (Å²) in [6.45, 7) is 1.50. The maximum Gasteiger partial charge on any atom is 0.306 e. The Morgan fingerprint density at radius 3 is 2.64 bits per heavy atom. The highest BCUT2D eigenvalue weighted by Crippen LogP contribution is 2.42. The van der Waals surface area contributed by atoms with Gasteiger partial charge in [-0.2, -0.15) is 0 Å². The van der Waals surface area contributed by atoms with Crippen LogP contribution >= 0.6 is 11.6 Å². The zero-order chi connectivity index (χ0) is 18.4. The summed E-state index contributed by atoms with van der Waals surface area (Å²) < 4.78 is 5.03. The second kappa shape index (κ2) is 8.48. The average molecular weight is 366 g/mol. The predicted molar refractivity (Wildman–Crippen MR) is 95.2 cm³/mol. The molecule has 0 N–H and O–H groups in total. The van der Waals surface area contributed by atoms with Crippen LogP contribution < -0.4 is 0 Å². The van der Waals surface area contributed by atoms with E-state index in [-0.39, 0.29) is 18.8 Å². The van der Waals surface area contributed by atoms with Gasteiger partial charge in [0.05, 0.1) is 0 Å². The fourth-order valence-corrected chi connectivity index (χ4v) is 3.65. The predicted octanol–water partition coefficient (Wildman–Crippen LogP) is 3.48. The van der Waals surface area contributed by atoms with Crippen LogP contribution in [0.4, 0.5) is 0 Å². The van der Waals surface area contributed by atoms with E-state index < -0.39 is 17.4 Å². The lowest BCUT2D eigenvalue weighted by atomic mass is 9.74. The van der Waals surface area contributed by atoms with Gasteiger partial charge in [0.15, 0.2) is 12.4 Å². The largest absolute Gasteiger partial charge is 0.456 e. The van der Waals surface area contributed by atoms with Crippen LogP contribution in [0, 0.1) is 0 Å². The quantitative estimate of drug-likeness (QED) is 0.724. The Bertz CT molecular complexity index is 661. The number of hydrogen-bond donors (Lipinski definition) is 0. The van der Waals surface area contributed by atoms with Gasteiger partial charge in [-0.1, -0.05) is 36.7 Å². The average Bonchev–Trinajstić information content (AvgIpc) is 2.60. The van der Waals surface area contributed by atoms with Crippen LogP contribution in [-0.2, 0) is 24.7 Å². The normalized spacial score (nSPS) is 20.2. The summed E-state index contributed by atoms with van der Waals surface area (Å²) in [6, 6.07) is 7.12. The molecular weight excluding hydrogens is 342 g/mol. The third-order valence-electron chi connectivity index (χ3n) is 4.73. The lowest BCUT2D eigenvalue weighted by Gasteiger charge is -2.43. The Kier molecular flexibility index (Phi) is 6.59. The van der Waals surface area contributed by atoms with Crippen molar-refractivity contribution in [1.82, 2.24) is 4.90 Å². The summed E-state index contributed by atoms with van der Waals surface area (Å²) in [4.78, 5) is 38.5. The Labute approximate surface area is 153 Å². The number of ether oxygens (including phenoxy) is 1. The number of likely N-dealkylation sites (N-methyl/N-ethyl adjacent to an activating group) is 1. The first kappa shape index (κ1) is 19.4.